The van der Waals surface area contributed by atoms with Crippen LogP contribution in [0.15, 0.2) is 54.7 Å². The SMILES string of the molecule is CC(C)(c1ccc(OCc2ccnc(N3CCN(C4CCN(CC5CCN(CC(=O)O)CC5)CC4)CC3)n2)cc1)c1cc(Cl)cc(C#N)c1.O=C(O)C(F)(F)F. The Labute approximate surface area is 330 Å². The van der Waals surface area contributed by atoms with Gasteiger partial charge in [-0.1, -0.05) is 37.6 Å². The van der Waals surface area contributed by atoms with E-state index in [1.54, 1.807) is 6.07 Å². The largest absolute Gasteiger partial charge is 0.490 e. The molecule has 1 aromatic heterocycles. The summed E-state index contributed by atoms with van der Waals surface area (Å²) >= 11 is 6.29. The molecule has 6 rings (SSSR count). The molecule has 2 aromatic carbocycles. The molecule has 2 N–H and O–H groups in total. The van der Waals surface area contributed by atoms with Gasteiger partial charge in [-0.3, -0.25) is 14.6 Å². The van der Waals surface area contributed by atoms with Crippen molar-refractivity contribution in [2.75, 3.05) is 70.3 Å². The van der Waals surface area contributed by atoms with Gasteiger partial charge in [0.2, 0.25) is 5.95 Å². The number of nitriles is 1. The summed E-state index contributed by atoms with van der Waals surface area (Å²) in [6, 6.07) is 18.3. The second-order valence-electron chi connectivity index (χ2n) is 15.1. The van der Waals surface area contributed by atoms with Crippen LogP contribution in [0.4, 0.5) is 19.1 Å². The number of hydrogen-bond acceptors (Lipinski definition) is 10. The van der Waals surface area contributed by atoms with Crippen molar-refractivity contribution < 1.29 is 37.7 Å². The lowest BCUT2D eigenvalue weighted by Gasteiger charge is -2.43. The molecule has 56 heavy (non-hydrogen) atoms. The van der Waals surface area contributed by atoms with Gasteiger partial charge in [-0.15, -0.1) is 0 Å². The maximum Gasteiger partial charge on any atom is 0.490 e. The Morgan fingerprint density at radius 3 is 2.11 bits per heavy atom. The first-order valence-electron chi connectivity index (χ1n) is 18.8. The number of aliphatic carboxylic acids is 2. The molecule has 4 heterocycles. The van der Waals surface area contributed by atoms with Gasteiger partial charge in [-0.05, 0) is 105 Å². The Bertz CT molecular complexity index is 1820. The third-order valence-electron chi connectivity index (χ3n) is 10.9. The normalized spacial score (nSPS) is 18.1. The second kappa shape index (κ2) is 19.1. The fourth-order valence-corrected chi connectivity index (χ4v) is 7.80. The van der Waals surface area contributed by atoms with Gasteiger partial charge in [-0.25, -0.2) is 14.8 Å². The molecule has 0 saturated carbocycles. The smallest absolute Gasteiger partial charge is 0.487 e. The van der Waals surface area contributed by atoms with Crippen LogP contribution in [-0.4, -0.2) is 124 Å². The van der Waals surface area contributed by atoms with Crippen LogP contribution in [0.1, 0.15) is 61.9 Å². The van der Waals surface area contributed by atoms with E-state index in [-0.39, 0.29) is 12.0 Å². The summed E-state index contributed by atoms with van der Waals surface area (Å²) in [6.07, 6.45) is 1.37. The highest BCUT2D eigenvalue weighted by Gasteiger charge is 2.38. The standard InChI is InChI=1S/C38H48ClN7O3.C2HF3O2/c1-38(2,31-21-29(24-40)22-32(39)23-31)30-3-5-35(6-4-30)49-27-33-7-12-41-37(42-33)46-19-17-45(18-20-46)34-10-15-43(16-11-34)25-28-8-13-44(14-9-28)26-36(47)48;3-2(4,5)1(6)7/h3-7,12,21-23,28,34H,8-11,13-20,25-27H2,1-2H3,(H,47,48);(H,6,7). The van der Waals surface area contributed by atoms with Crippen LogP contribution in [0.5, 0.6) is 5.75 Å². The summed E-state index contributed by atoms with van der Waals surface area (Å²) in [4.78, 5) is 39.0. The highest BCUT2D eigenvalue weighted by Crippen LogP contribution is 2.34. The second-order valence-corrected chi connectivity index (χ2v) is 15.5. The maximum absolute atomic E-state index is 11.0. The number of carboxylic acid groups (broad SMARTS) is 2. The van der Waals surface area contributed by atoms with Crippen molar-refractivity contribution in [2.24, 2.45) is 5.92 Å². The van der Waals surface area contributed by atoms with Crippen LogP contribution >= 0.6 is 11.6 Å². The van der Waals surface area contributed by atoms with Crippen LogP contribution in [0.25, 0.3) is 0 Å². The van der Waals surface area contributed by atoms with Gasteiger partial charge in [0, 0.05) is 55.4 Å². The van der Waals surface area contributed by atoms with E-state index in [0.717, 1.165) is 100 Å². The number of piperazine rings is 1. The van der Waals surface area contributed by atoms with E-state index in [2.05, 4.69) is 56.6 Å². The highest BCUT2D eigenvalue weighted by molar-refractivity contribution is 6.30. The van der Waals surface area contributed by atoms with E-state index in [4.69, 9.17) is 36.3 Å². The number of halogens is 4. The zero-order chi connectivity index (χ0) is 40.5. The first-order chi connectivity index (χ1) is 26.6. The summed E-state index contributed by atoms with van der Waals surface area (Å²) in [5, 5.41) is 26.1. The predicted molar refractivity (Wildman–Crippen MR) is 205 cm³/mol. The quantitative estimate of drug-likeness (QED) is 0.237. The Morgan fingerprint density at radius 1 is 0.893 bits per heavy atom. The van der Waals surface area contributed by atoms with E-state index in [1.807, 2.05) is 36.5 Å². The molecule has 0 bridgehead atoms. The van der Waals surface area contributed by atoms with Gasteiger partial charge in [-0.2, -0.15) is 18.4 Å². The topological polar surface area (TPSA) is 146 Å². The van der Waals surface area contributed by atoms with Gasteiger partial charge >= 0.3 is 18.1 Å². The summed E-state index contributed by atoms with van der Waals surface area (Å²) in [6.45, 7) is 13.9. The fraction of sp³-hybridized carbons (Fsp3) is 0.525. The molecule has 3 aromatic rings. The lowest BCUT2D eigenvalue weighted by molar-refractivity contribution is -0.192. The predicted octanol–water partition coefficient (Wildman–Crippen LogP) is 5.92. The van der Waals surface area contributed by atoms with Gasteiger partial charge in [0.25, 0.3) is 0 Å². The van der Waals surface area contributed by atoms with Crippen LogP contribution < -0.4 is 9.64 Å². The molecule has 3 aliphatic rings. The Morgan fingerprint density at radius 2 is 1.52 bits per heavy atom. The van der Waals surface area contributed by atoms with Crippen molar-refractivity contribution in [3.63, 3.8) is 0 Å². The number of hydrogen-bond donors (Lipinski definition) is 2. The number of piperidine rings is 2. The molecule has 0 amide bonds. The minimum Gasteiger partial charge on any atom is -0.487 e. The number of alkyl halides is 3. The number of likely N-dealkylation sites (tertiary alicyclic amines) is 2. The minimum absolute atomic E-state index is 0.173. The first kappa shape index (κ1) is 42.6. The van der Waals surface area contributed by atoms with E-state index < -0.39 is 18.1 Å². The summed E-state index contributed by atoms with van der Waals surface area (Å²) < 4.78 is 37.9. The van der Waals surface area contributed by atoms with E-state index >= 15 is 0 Å². The molecule has 16 heteroatoms. The summed E-state index contributed by atoms with van der Waals surface area (Å²) in [5.41, 5.74) is 3.17. The average Bonchev–Trinajstić information content (AvgIpc) is 3.18. The molecule has 0 spiro atoms. The number of anilines is 1. The lowest BCUT2D eigenvalue weighted by Crippen LogP contribution is -2.54. The molecule has 302 valence electrons. The van der Waals surface area contributed by atoms with E-state index in [9.17, 15) is 23.2 Å². The van der Waals surface area contributed by atoms with Crippen LogP contribution in [-0.2, 0) is 21.6 Å². The molecule has 0 radical (unpaired) electrons. The fourth-order valence-electron chi connectivity index (χ4n) is 7.56. The Hall–Kier alpha value is -4.49. The van der Waals surface area contributed by atoms with Gasteiger partial charge in [0.1, 0.15) is 12.4 Å². The zero-order valence-corrected chi connectivity index (χ0v) is 32.5. The summed E-state index contributed by atoms with van der Waals surface area (Å²) in [7, 11) is 0. The van der Waals surface area contributed by atoms with Gasteiger partial charge < -0.3 is 24.7 Å². The molecular formula is C40H49ClF3N7O5. The van der Waals surface area contributed by atoms with Gasteiger partial charge in [0.05, 0.1) is 23.9 Å². The average molecular weight is 800 g/mol. The molecule has 0 unspecified atom stereocenters. The lowest BCUT2D eigenvalue weighted by atomic mass is 9.78. The highest BCUT2D eigenvalue weighted by atomic mass is 35.5. The van der Waals surface area contributed by atoms with Crippen LogP contribution in [0.3, 0.4) is 0 Å². The number of benzene rings is 2. The van der Waals surface area contributed by atoms with Crippen molar-refractivity contribution in [1.29, 1.82) is 5.26 Å². The van der Waals surface area contributed by atoms with Gasteiger partial charge in [0.15, 0.2) is 0 Å². The van der Waals surface area contributed by atoms with Crippen molar-refractivity contribution in [3.05, 3.63) is 82.1 Å². The number of carboxylic acids is 2. The number of rotatable bonds is 11. The molecule has 3 aliphatic heterocycles. The van der Waals surface area contributed by atoms with Crippen molar-refractivity contribution in [1.82, 2.24) is 24.7 Å². The van der Waals surface area contributed by atoms with Crippen LogP contribution in [0.2, 0.25) is 5.02 Å². The number of carbonyl (C=O) groups is 2. The van der Waals surface area contributed by atoms with Crippen LogP contribution in [0, 0.1) is 17.2 Å². The monoisotopic (exact) mass is 799 g/mol. The molecule has 0 aliphatic carbocycles. The third-order valence-corrected chi connectivity index (χ3v) is 11.1. The number of aromatic nitrogens is 2. The third kappa shape index (κ3) is 12.0. The van der Waals surface area contributed by atoms with Crippen molar-refractivity contribution in [2.45, 2.75) is 63.8 Å². The molecule has 3 saturated heterocycles. The van der Waals surface area contributed by atoms with E-state index in [1.165, 1.54) is 12.8 Å². The number of nitrogens with zero attached hydrogens (tertiary/aromatic N) is 7. The summed E-state index contributed by atoms with van der Waals surface area (Å²) in [5.74, 6) is -1.26. The molecular weight excluding hydrogens is 751 g/mol. The molecule has 0 atom stereocenters. The Balaban J connectivity index is 0.000000784. The molecule has 3 fully saturated rings. The zero-order valence-electron chi connectivity index (χ0n) is 31.7. The first-order valence-corrected chi connectivity index (χ1v) is 19.2. The molecule has 12 nitrogen and oxygen atoms in total. The van der Waals surface area contributed by atoms with Crippen molar-refractivity contribution >= 4 is 29.5 Å². The van der Waals surface area contributed by atoms with Crippen molar-refractivity contribution in [3.8, 4) is 11.8 Å². The maximum atomic E-state index is 11.0. The number of ether oxygens (including phenoxy) is 1. The Kier molecular flexibility index (Phi) is 14.5. The minimum atomic E-state index is -5.08. The van der Waals surface area contributed by atoms with E-state index in [0.29, 0.717) is 29.2 Å².